The van der Waals surface area contributed by atoms with Gasteiger partial charge in [0.1, 0.15) is 0 Å². The minimum absolute atomic E-state index is 0.162. The SMILES string of the molecule is NCC1(CC(=O)c2cccc(F)c2F)CCC1. The lowest BCUT2D eigenvalue weighted by molar-refractivity contribution is 0.0781. The van der Waals surface area contributed by atoms with Crippen LogP contribution in [-0.4, -0.2) is 12.3 Å². The summed E-state index contributed by atoms with van der Waals surface area (Å²) in [6, 6.07) is 3.68. The highest BCUT2D eigenvalue weighted by molar-refractivity contribution is 5.96. The third kappa shape index (κ3) is 2.22. The molecule has 0 radical (unpaired) electrons. The number of hydrogen-bond donors (Lipinski definition) is 1. The first kappa shape index (κ1) is 12.2. The van der Waals surface area contributed by atoms with Crippen LogP contribution < -0.4 is 5.73 Å². The second kappa shape index (κ2) is 4.53. The molecule has 1 aromatic carbocycles. The number of halogens is 2. The van der Waals surface area contributed by atoms with Crippen LogP contribution in [0, 0.1) is 17.0 Å². The van der Waals surface area contributed by atoms with Gasteiger partial charge in [-0.15, -0.1) is 0 Å². The van der Waals surface area contributed by atoms with E-state index in [-0.39, 0.29) is 23.2 Å². The second-order valence-electron chi connectivity index (χ2n) is 4.76. The molecule has 2 nitrogen and oxygen atoms in total. The van der Waals surface area contributed by atoms with E-state index < -0.39 is 11.6 Å². The van der Waals surface area contributed by atoms with Gasteiger partial charge in [-0.1, -0.05) is 12.5 Å². The number of Topliss-reactive ketones (excluding diaryl/α,β-unsaturated/α-hetero) is 1. The van der Waals surface area contributed by atoms with E-state index in [9.17, 15) is 13.6 Å². The smallest absolute Gasteiger partial charge is 0.169 e. The molecule has 1 saturated carbocycles. The molecule has 1 aliphatic rings. The maximum Gasteiger partial charge on any atom is 0.169 e. The molecule has 0 aromatic heterocycles. The van der Waals surface area contributed by atoms with Gasteiger partial charge in [0.2, 0.25) is 0 Å². The molecule has 0 atom stereocenters. The molecule has 1 aliphatic carbocycles. The van der Waals surface area contributed by atoms with E-state index in [1.807, 2.05) is 0 Å². The Bertz CT molecular complexity index is 436. The fourth-order valence-corrected chi connectivity index (χ4v) is 2.28. The van der Waals surface area contributed by atoms with E-state index in [0.29, 0.717) is 6.54 Å². The second-order valence-corrected chi connectivity index (χ2v) is 4.76. The number of nitrogens with two attached hydrogens (primary N) is 1. The first-order valence-corrected chi connectivity index (χ1v) is 5.75. The van der Waals surface area contributed by atoms with Gasteiger partial charge in [0.05, 0.1) is 5.56 Å². The maximum absolute atomic E-state index is 13.4. The van der Waals surface area contributed by atoms with Crippen molar-refractivity contribution in [3.8, 4) is 0 Å². The molecular weight excluding hydrogens is 224 g/mol. The summed E-state index contributed by atoms with van der Waals surface area (Å²) in [6.07, 6.45) is 3.05. The van der Waals surface area contributed by atoms with Gasteiger partial charge >= 0.3 is 0 Å². The summed E-state index contributed by atoms with van der Waals surface area (Å²) >= 11 is 0. The highest BCUT2D eigenvalue weighted by Gasteiger charge is 2.38. The molecule has 0 bridgehead atoms. The average Bonchev–Trinajstić information content (AvgIpc) is 2.27. The standard InChI is InChI=1S/C13H15F2NO/c14-10-4-1-3-9(12(10)15)11(17)7-13(8-16)5-2-6-13/h1,3-4H,2,5-8,16H2. The molecular formula is C13H15F2NO. The topological polar surface area (TPSA) is 43.1 Å². The van der Waals surface area contributed by atoms with Crippen molar-refractivity contribution in [2.24, 2.45) is 11.1 Å². The first-order valence-electron chi connectivity index (χ1n) is 5.75. The molecule has 0 aliphatic heterocycles. The van der Waals surface area contributed by atoms with Gasteiger partial charge in [-0.25, -0.2) is 8.78 Å². The number of rotatable bonds is 4. The Kier molecular flexibility index (Phi) is 3.24. The fourth-order valence-electron chi connectivity index (χ4n) is 2.28. The van der Waals surface area contributed by atoms with Crippen molar-refractivity contribution >= 4 is 5.78 Å². The van der Waals surface area contributed by atoms with Crippen molar-refractivity contribution < 1.29 is 13.6 Å². The van der Waals surface area contributed by atoms with E-state index >= 15 is 0 Å². The van der Waals surface area contributed by atoms with Crippen LogP contribution in [0.3, 0.4) is 0 Å². The zero-order chi connectivity index (χ0) is 12.5. The van der Waals surface area contributed by atoms with Gasteiger partial charge in [0.15, 0.2) is 17.4 Å². The summed E-state index contributed by atoms with van der Waals surface area (Å²) < 4.78 is 26.4. The quantitative estimate of drug-likeness (QED) is 0.821. The van der Waals surface area contributed by atoms with Crippen molar-refractivity contribution in [1.82, 2.24) is 0 Å². The summed E-state index contributed by atoms with van der Waals surface area (Å²) in [6.45, 7) is 0.426. The van der Waals surface area contributed by atoms with Crippen LogP contribution in [0.2, 0.25) is 0 Å². The Labute approximate surface area is 98.8 Å². The van der Waals surface area contributed by atoms with Crippen molar-refractivity contribution in [3.63, 3.8) is 0 Å². The lowest BCUT2D eigenvalue weighted by atomic mass is 9.65. The Morgan fingerprint density at radius 1 is 1.35 bits per heavy atom. The summed E-state index contributed by atoms with van der Waals surface area (Å²) in [7, 11) is 0. The molecule has 4 heteroatoms. The van der Waals surface area contributed by atoms with Crippen molar-refractivity contribution in [2.45, 2.75) is 25.7 Å². The zero-order valence-electron chi connectivity index (χ0n) is 9.51. The minimum atomic E-state index is -1.05. The number of carbonyl (C=O) groups is 1. The number of carbonyl (C=O) groups excluding carboxylic acids is 1. The number of benzene rings is 1. The van der Waals surface area contributed by atoms with Gasteiger partial charge in [-0.3, -0.25) is 4.79 Å². The normalized spacial score (nSPS) is 17.6. The molecule has 2 rings (SSSR count). The van der Waals surface area contributed by atoms with E-state index in [2.05, 4.69) is 0 Å². The fraction of sp³-hybridized carbons (Fsp3) is 0.462. The highest BCUT2D eigenvalue weighted by Crippen LogP contribution is 2.43. The Hall–Kier alpha value is -1.29. The lowest BCUT2D eigenvalue weighted by Crippen LogP contribution is -2.39. The molecule has 0 spiro atoms. The van der Waals surface area contributed by atoms with Crippen molar-refractivity contribution in [2.75, 3.05) is 6.54 Å². The molecule has 1 aromatic rings. The number of hydrogen-bond acceptors (Lipinski definition) is 2. The Morgan fingerprint density at radius 3 is 2.59 bits per heavy atom. The molecule has 0 amide bonds. The zero-order valence-corrected chi connectivity index (χ0v) is 9.51. The van der Waals surface area contributed by atoms with E-state index in [1.165, 1.54) is 12.1 Å². The summed E-state index contributed by atoms with van der Waals surface area (Å²) in [5.41, 5.74) is 5.30. The molecule has 17 heavy (non-hydrogen) atoms. The summed E-state index contributed by atoms with van der Waals surface area (Å²) in [4.78, 5) is 11.9. The molecule has 0 saturated heterocycles. The van der Waals surface area contributed by atoms with Crippen LogP contribution in [-0.2, 0) is 0 Å². The van der Waals surface area contributed by atoms with E-state index in [4.69, 9.17) is 5.73 Å². The third-order valence-corrected chi connectivity index (χ3v) is 3.63. The third-order valence-electron chi connectivity index (χ3n) is 3.63. The maximum atomic E-state index is 13.4. The average molecular weight is 239 g/mol. The predicted octanol–water partition coefficient (Wildman–Crippen LogP) is 2.67. The molecule has 2 N–H and O–H groups in total. The van der Waals surface area contributed by atoms with Crippen molar-refractivity contribution in [1.29, 1.82) is 0 Å². The summed E-state index contributed by atoms with van der Waals surface area (Å²) in [5, 5.41) is 0. The van der Waals surface area contributed by atoms with Crippen molar-refractivity contribution in [3.05, 3.63) is 35.4 Å². The van der Waals surface area contributed by atoms with Crippen LogP contribution in [0.15, 0.2) is 18.2 Å². The predicted molar refractivity (Wildman–Crippen MR) is 60.6 cm³/mol. The van der Waals surface area contributed by atoms with Crippen LogP contribution >= 0.6 is 0 Å². The number of ketones is 1. The Balaban J connectivity index is 2.17. The van der Waals surface area contributed by atoms with E-state index in [1.54, 1.807) is 0 Å². The Morgan fingerprint density at radius 2 is 2.06 bits per heavy atom. The van der Waals surface area contributed by atoms with Gasteiger partial charge in [-0.2, -0.15) is 0 Å². The summed E-state index contributed by atoms with van der Waals surface area (Å²) in [5.74, 6) is -2.39. The molecule has 92 valence electrons. The van der Waals surface area contributed by atoms with E-state index in [0.717, 1.165) is 25.3 Å². The van der Waals surface area contributed by atoms with Gasteiger partial charge < -0.3 is 5.73 Å². The van der Waals surface area contributed by atoms with Crippen LogP contribution in [0.1, 0.15) is 36.0 Å². The van der Waals surface area contributed by atoms with Gasteiger partial charge in [0.25, 0.3) is 0 Å². The molecule has 0 heterocycles. The molecule has 0 unspecified atom stereocenters. The van der Waals surface area contributed by atoms with Crippen LogP contribution in [0.25, 0.3) is 0 Å². The minimum Gasteiger partial charge on any atom is -0.330 e. The highest BCUT2D eigenvalue weighted by atomic mass is 19.2. The molecule has 1 fully saturated rings. The monoisotopic (exact) mass is 239 g/mol. The van der Waals surface area contributed by atoms with Gasteiger partial charge in [-0.05, 0) is 36.9 Å². The largest absolute Gasteiger partial charge is 0.330 e. The first-order chi connectivity index (χ1) is 8.08. The van der Waals surface area contributed by atoms with Gasteiger partial charge in [0, 0.05) is 6.42 Å². The van der Waals surface area contributed by atoms with Crippen LogP contribution in [0.5, 0.6) is 0 Å². The van der Waals surface area contributed by atoms with Crippen LogP contribution in [0.4, 0.5) is 8.78 Å². The lowest BCUT2D eigenvalue weighted by Gasteiger charge is -2.40.